The van der Waals surface area contributed by atoms with E-state index in [9.17, 15) is 0 Å². The van der Waals surface area contributed by atoms with E-state index in [2.05, 4.69) is 0 Å². The van der Waals surface area contributed by atoms with Gasteiger partial charge in [-0.1, -0.05) is 20.8 Å². The lowest BCUT2D eigenvalue weighted by atomic mass is 9.86. The fourth-order valence-electron chi connectivity index (χ4n) is 0.237. The first-order valence-electron chi connectivity index (χ1n) is 2.87. The Kier molecular flexibility index (Phi) is 2.22. The highest BCUT2D eigenvalue weighted by Crippen LogP contribution is 2.26. The molecule has 0 saturated carbocycles. The molecule has 0 heterocycles. The number of rotatable bonds is 1. The number of aliphatic hydroxyl groups is 3. The second-order valence-electron chi connectivity index (χ2n) is 3.22. The Morgan fingerprint density at radius 1 is 1.11 bits per heavy atom. The molecule has 0 amide bonds. The summed E-state index contributed by atoms with van der Waals surface area (Å²) in [7, 11) is 0. The molecule has 0 aliphatic heterocycles. The van der Waals surface area contributed by atoms with Gasteiger partial charge in [-0.25, -0.2) is 0 Å². The Morgan fingerprint density at radius 3 is 1.44 bits per heavy atom. The van der Waals surface area contributed by atoms with Gasteiger partial charge in [-0.15, -0.1) is 0 Å². The molecular weight excluding hydrogens is 120 g/mol. The summed E-state index contributed by atoms with van der Waals surface area (Å²) >= 11 is 0. The number of hydrogen-bond acceptors (Lipinski definition) is 3. The Hall–Kier alpha value is -0.120. The summed E-state index contributed by atoms with van der Waals surface area (Å²) in [4.78, 5) is 0. The van der Waals surface area contributed by atoms with Crippen LogP contribution in [0.2, 0.25) is 0 Å². The maximum absolute atomic E-state index is 8.97. The summed E-state index contributed by atoms with van der Waals surface area (Å²) in [6, 6.07) is 0. The van der Waals surface area contributed by atoms with Gasteiger partial charge in [-0.05, 0) is 0 Å². The quantitative estimate of drug-likeness (QED) is 0.432. The summed E-state index contributed by atoms with van der Waals surface area (Å²) in [5.41, 5.74) is -0.693. The molecule has 3 N–H and O–H groups in total. The molecule has 0 spiro atoms. The van der Waals surface area contributed by atoms with Gasteiger partial charge in [-0.2, -0.15) is 0 Å². The maximum atomic E-state index is 8.97. The number of aliphatic hydroxyl groups excluding tert-OH is 1. The molecule has 0 aliphatic carbocycles. The lowest BCUT2D eigenvalue weighted by Crippen LogP contribution is -2.45. The monoisotopic (exact) mass is 134 g/mol. The van der Waals surface area contributed by atoms with Crippen molar-refractivity contribution in [3.05, 3.63) is 0 Å². The Balaban J connectivity index is 4.14. The molecule has 9 heavy (non-hydrogen) atoms. The predicted molar refractivity (Wildman–Crippen MR) is 33.7 cm³/mol. The van der Waals surface area contributed by atoms with Crippen molar-refractivity contribution in [2.75, 3.05) is 6.61 Å². The van der Waals surface area contributed by atoms with Crippen molar-refractivity contribution in [1.82, 2.24) is 0 Å². The highest BCUT2D eigenvalue weighted by atomic mass is 16.5. The third-order valence-electron chi connectivity index (χ3n) is 1.42. The van der Waals surface area contributed by atoms with Gasteiger partial charge < -0.3 is 15.3 Å². The minimum absolute atomic E-state index is 0.628. The largest absolute Gasteiger partial charge is 0.391 e. The summed E-state index contributed by atoms with van der Waals surface area (Å²) in [5, 5.41) is 26.4. The summed E-state index contributed by atoms with van der Waals surface area (Å²) < 4.78 is 0. The van der Waals surface area contributed by atoms with Gasteiger partial charge in [0, 0.05) is 5.41 Å². The Morgan fingerprint density at radius 2 is 1.44 bits per heavy atom. The van der Waals surface area contributed by atoms with Crippen LogP contribution in [0, 0.1) is 5.41 Å². The fraction of sp³-hybridized carbons (Fsp3) is 1.00. The first-order chi connectivity index (χ1) is 3.81. The van der Waals surface area contributed by atoms with Crippen LogP contribution in [-0.2, 0) is 0 Å². The van der Waals surface area contributed by atoms with E-state index in [-0.39, 0.29) is 0 Å². The predicted octanol–water partition coefficient (Wildman–Crippen LogP) is -0.294. The van der Waals surface area contributed by atoms with E-state index in [1.54, 1.807) is 20.8 Å². The van der Waals surface area contributed by atoms with Gasteiger partial charge in [0.2, 0.25) is 0 Å². The van der Waals surface area contributed by atoms with Gasteiger partial charge in [0.05, 0.1) is 6.61 Å². The minimum Gasteiger partial charge on any atom is -0.391 e. The molecule has 0 radical (unpaired) electrons. The first-order valence-corrected chi connectivity index (χ1v) is 2.87. The first kappa shape index (κ1) is 8.88. The Labute approximate surface area is 54.9 Å². The van der Waals surface area contributed by atoms with Crippen molar-refractivity contribution in [3.8, 4) is 0 Å². The fourth-order valence-corrected chi connectivity index (χ4v) is 0.237. The van der Waals surface area contributed by atoms with Crippen molar-refractivity contribution in [3.63, 3.8) is 0 Å². The summed E-state index contributed by atoms with van der Waals surface area (Å²) in [6.07, 6.45) is 0. The lowest BCUT2D eigenvalue weighted by Gasteiger charge is -2.33. The Bertz CT molecular complexity index is 91.0. The molecule has 0 bridgehead atoms. The van der Waals surface area contributed by atoms with Gasteiger partial charge in [0.15, 0.2) is 5.79 Å². The van der Waals surface area contributed by atoms with Crippen LogP contribution in [0.1, 0.15) is 20.8 Å². The van der Waals surface area contributed by atoms with Gasteiger partial charge in [-0.3, -0.25) is 0 Å². The van der Waals surface area contributed by atoms with Crippen LogP contribution in [0.25, 0.3) is 0 Å². The molecule has 3 nitrogen and oxygen atoms in total. The molecule has 56 valence electrons. The number of hydrogen-bond donors (Lipinski definition) is 3. The molecule has 0 aromatic carbocycles. The second-order valence-corrected chi connectivity index (χ2v) is 3.22. The molecule has 0 unspecified atom stereocenters. The van der Waals surface area contributed by atoms with Crippen molar-refractivity contribution in [2.45, 2.75) is 26.6 Å². The van der Waals surface area contributed by atoms with Crippen LogP contribution < -0.4 is 0 Å². The summed E-state index contributed by atoms with van der Waals surface area (Å²) in [6.45, 7) is 4.30. The smallest absolute Gasteiger partial charge is 0.191 e. The average Bonchev–Trinajstić information content (AvgIpc) is 1.64. The average molecular weight is 134 g/mol. The standard InChI is InChI=1S/C6H14O3/c1-5(2,3)6(8,9)4-7/h7-9H,4H2,1-3H3. The van der Waals surface area contributed by atoms with Crippen LogP contribution in [0.15, 0.2) is 0 Å². The normalized spacial score (nSPS) is 14.0. The zero-order chi connectivity index (χ0) is 7.71. The van der Waals surface area contributed by atoms with E-state index in [1.165, 1.54) is 0 Å². The van der Waals surface area contributed by atoms with E-state index in [1.807, 2.05) is 0 Å². The van der Waals surface area contributed by atoms with Crippen molar-refractivity contribution in [2.24, 2.45) is 5.41 Å². The van der Waals surface area contributed by atoms with Crippen molar-refractivity contribution < 1.29 is 15.3 Å². The molecule has 0 rings (SSSR count). The maximum Gasteiger partial charge on any atom is 0.191 e. The molecule has 0 aliphatic rings. The molecule has 0 aromatic rings. The molecule has 3 heteroatoms. The van der Waals surface area contributed by atoms with E-state index in [0.29, 0.717) is 0 Å². The van der Waals surface area contributed by atoms with Crippen LogP contribution >= 0.6 is 0 Å². The second kappa shape index (κ2) is 2.25. The van der Waals surface area contributed by atoms with Gasteiger partial charge >= 0.3 is 0 Å². The van der Waals surface area contributed by atoms with Crippen LogP contribution in [0.3, 0.4) is 0 Å². The topological polar surface area (TPSA) is 60.7 Å². The van der Waals surface area contributed by atoms with E-state index < -0.39 is 17.8 Å². The zero-order valence-electron chi connectivity index (χ0n) is 6.05. The van der Waals surface area contributed by atoms with Crippen molar-refractivity contribution >= 4 is 0 Å². The van der Waals surface area contributed by atoms with Crippen LogP contribution in [0.5, 0.6) is 0 Å². The SMILES string of the molecule is CC(C)(C)C(O)(O)CO. The molecule has 0 saturated heterocycles. The summed E-state index contributed by atoms with van der Waals surface area (Å²) in [5.74, 6) is -1.97. The van der Waals surface area contributed by atoms with Gasteiger partial charge in [0.25, 0.3) is 0 Å². The highest BCUT2D eigenvalue weighted by Gasteiger charge is 2.36. The minimum atomic E-state index is -1.97. The third-order valence-corrected chi connectivity index (χ3v) is 1.42. The zero-order valence-corrected chi connectivity index (χ0v) is 6.05. The van der Waals surface area contributed by atoms with E-state index in [4.69, 9.17) is 15.3 Å². The van der Waals surface area contributed by atoms with Crippen LogP contribution in [0.4, 0.5) is 0 Å². The molecule has 0 aromatic heterocycles. The van der Waals surface area contributed by atoms with Crippen LogP contribution in [-0.4, -0.2) is 27.7 Å². The van der Waals surface area contributed by atoms with Crippen molar-refractivity contribution in [1.29, 1.82) is 0 Å². The lowest BCUT2D eigenvalue weighted by molar-refractivity contribution is -0.247. The van der Waals surface area contributed by atoms with E-state index in [0.717, 1.165) is 0 Å². The molecule has 0 atom stereocenters. The van der Waals surface area contributed by atoms with E-state index >= 15 is 0 Å². The third kappa shape index (κ3) is 1.93. The molecule has 0 fully saturated rings. The molecular formula is C6H14O3. The highest BCUT2D eigenvalue weighted by molar-refractivity contribution is 4.78. The van der Waals surface area contributed by atoms with Gasteiger partial charge in [0.1, 0.15) is 0 Å².